The molecule has 2 nitrogen and oxygen atoms in total. The lowest BCUT2D eigenvalue weighted by Crippen LogP contribution is -1.89. The van der Waals surface area contributed by atoms with Gasteiger partial charge < -0.3 is 4.74 Å². The van der Waals surface area contributed by atoms with Crippen molar-refractivity contribution < 1.29 is 4.74 Å². The van der Waals surface area contributed by atoms with E-state index in [0.717, 1.165) is 23.3 Å². The molecule has 0 spiro atoms. The molecule has 1 aliphatic heterocycles. The first-order valence-electron chi connectivity index (χ1n) is 4.09. The number of benzene rings is 1. The van der Waals surface area contributed by atoms with Crippen molar-refractivity contribution in [1.29, 1.82) is 5.26 Å². The predicted molar refractivity (Wildman–Crippen MR) is 50.1 cm³/mol. The van der Waals surface area contributed by atoms with E-state index in [9.17, 15) is 0 Å². The summed E-state index contributed by atoms with van der Waals surface area (Å²) in [5, 5.41) is 9.38. The molecule has 0 unspecified atom stereocenters. The lowest BCUT2D eigenvalue weighted by molar-refractivity contribution is 0.357. The maximum atomic E-state index is 8.82. The minimum atomic E-state index is 0.551. The molecular weight excluding hydrogens is 186 g/mol. The Morgan fingerprint density at radius 2 is 2.38 bits per heavy atom. The molecular formula is C10H8ClNO. The Balaban J connectivity index is 2.71. The smallest absolute Gasteiger partial charge is 0.141 e. The van der Waals surface area contributed by atoms with E-state index in [1.54, 1.807) is 6.07 Å². The van der Waals surface area contributed by atoms with Crippen molar-refractivity contribution in [3.63, 3.8) is 0 Å². The number of hydrogen-bond donors (Lipinski definition) is 0. The van der Waals surface area contributed by atoms with E-state index >= 15 is 0 Å². The van der Waals surface area contributed by atoms with Crippen molar-refractivity contribution in [3.8, 4) is 11.8 Å². The molecule has 0 saturated heterocycles. The zero-order valence-corrected chi connectivity index (χ0v) is 7.98. The second-order valence-electron chi connectivity index (χ2n) is 3.05. The van der Waals surface area contributed by atoms with Crippen molar-refractivity contribution >= 4 is 11.6 Å². The van der Waals surface area contributed by atoms with Crippen LogP contribution >= 0.6 is 11.6 Å². The van der Waals surface area contributed by atoms with E-state index in [1.165, 1.54) is 0 Å². The van der Waals surface area contributed by atoms with Crippen LogP contribution in [0.4, 0.5) is 0 Å². The van der Waals surface area contributed by atoms with E-state index < -0.39 is 0 Å². The molecule has 0 N–H and O–H groups in total. The maximum Gasteiger partial charge on any atom is 0.141 e. The Morgan fingerprint density at radius 3 is 3.08 bits per heavy atom. The fourth-order valence-electron chi connectivity index (χ4n) is 1.61. The normalized spacial score (nSPS) is 13.3. The second kappa shape index (κ2) is 2.93. The minimum Gasteiger partial charge on any atom is -0.491 e. The van der Waals surface area contributed by atoms with Gasteiger partial charge in [0.2, 0.25) is 0 Å². The topological polar surface area (TPSA) is 33.0 Å². The van der Waals surface area contributed by atoms with Gasteiger partial charge in [-0.2, -0.15) is 5.26 Å². The quantitative estimate of drug-likeness (QED) is 0.634. The summed E-state index contributed by atoms with van der Waals surface area (Å²) in [5.74, 6) is 0.762. The minimum absolute atomic E-state index is 0.551. The molecule has 0 amide bonds. The molecule has 0 radical (unpaired) electrons. The van der Waals surface area contributed by atoms with Gasteiger partial charge in [-0.25, -0.2) is 0 Å². The van der Waals surface area contributed by atoms with Crippen LogP contribution in [0.15, 0.2) is 6.07 Å². The van der Waals surface area contributed by atoms with E-state index in [0.29, 0.717) is 17.2 Å². The van der Waals surface area contributed by atoms with E-state index in [2.05, 4.69) is 6.07 Å². The van der Waals surface area contributed by atoms with Crippen LogP contribution in [0.5, 0.6) is 5.75 Å². The van der Waals surface area contributed by atoms with Crippen molar-refractivity contribution in [1.82, 2.24) is 0 Å². The van der Waals surface area contributed by atoms with Crippen LogP contribution in [0.3, 0.4) is 0 Å². The number of ether oxygens (including phenoxy) is 1. The van der Waals surface area contributed by atoms with Crippen molar-refractivity contribution in [2.45, 2.75) is 13.3 Å². The van der Waals surface area contributed by atoms with Gasteiger partial charge in [0.05, 0.1) is 23.3 Å². The zero-order chi connectivity index (χ0) is 9.42. The summed E-state index contributed by atoms with van der Waals surface area (Å²) in [6, 6.07) is 3.79. The number of rotatable bonds is 0. The summed E-state index contributed by atoms with van der Waals surface area (Å²) in [4.78, 5) is 0. The van der Waals surface area contributed by atoms with Crippen LogP contribution in [0, 0.1) is 18.3 Å². The average Bonchev–Trinajstić information content (AvgIpc) is 2.60. The third-order valence-electron chi connectivity index (χ3n) is 2.34. The first-order chi connectivity index (χ1) is 6.24. The Hall–Kier alpha value is -1.20. The molecule has 0 aromatic heterocycles. The Kier molecular flexibility index (Phi) is 1.90. The highest BCUT2D eigenvalue weighted by Gasteiger charge is 2.20. The Morgan fingerprint density at radius 1 is 1.62 bits per heavy atom. The summed E-state index contributed by atoms with van der Waals surface area (Å²) in [5.41, 5.74) is 2.73. The molecule has 2 rings (SSSR count). The number of halogens is 1. The lowest BCUT2D eigenvalue weighted by Gasteiger charge is -2.06. The van der Waals surface area contributed by atoms with Gasteiger partial charge >= 0.3 is 0 Å². The van der Waals surface area contributed by atoms with Gasteiger partial charge in [-0.3, -0.25) is 0 Å². The third-order valence-corrected chi connectivity index (χ3v) is 2.62. The molecule has 13 heavy (non-hydrogen) atoms. The van der Waals surface area contributed by atoms with Gasteiger partial charge in [0, 0.05) is 12.0 Å². The fourth-order valence-corrected chi connectivity index (χ4v) is 1.88. The second-order valence-corrected chi connectivity index (χ2v) is 3.46. The number of nitriles is 1. The van der Waals surface area contributed by atoms with Crippen LogP contribution in [0.1, 0.15) is 16.7 Å². The molecule has 0 saturated carbocycles. The van der Waals surface area contributed by atoms with Gasteiger partial charge in [-0.15, -0.1) is 0 Å². The first-order valence-corrected chi connectivity index (χ1v) is 4.46. The van der Waals surface area contributed by atoms with Gasteiger partial charge in [-0.1, -0.05) is 11.6 Å². The van der Waals surface area contributed by atoms with Crippen LogP contribution in [-0.2, 0) is 6.42 Å². The molecule has 1 aromatic rings. The summed E-state index contributed by atoms with van der Waals surface area (Å²) in [7, 11) is 0. The molecule has 0 bridgehead atoms. The molecule has 0 aliphatic carbocycles. The molecule has 1 heterocycles. The van der Waals surface area contributed by atoms with Crippen LogP contribution < -0.4 is 4.74 Å². The van der Waals surface area contributed by atoms with Crippen LogP contribution in [-0.4, -0.2) is 6.61 Å². The molecule has 0 fully saturated rings. The highest BCUT2D eigenvalue weighted by Crippen LogP contribution is 2.37. The molecule has 66 valence electrons. The van der Waals surface area contributed by atoms with Crippen LogP contribution in [0.2, 0.25) is 5.02 Å². The zero-order valence-electron chi connectivity index (χ0n) is 7.22. The van der Waals surface area contributed by atoms with Gasteiger partial charge in [0.25, 0.3) is 0 Å². The highest BCUT2D eigenvalue weighted by molar-refractivity contribution is 6.32. The largest absolute Gasteiger partial charge is 0.491 e. The van der Waals surface area contributed by atoms with Gasteiger partial charge in [0.1, 0.15) is 5.75 Å². The maximum absolute atomic E-state index is 8.82. The molecule has 1 aromatic carbocycles. The number of fused-ring (bicyclic) bond motifs is 1. The Bertz CT molecular complexity index is 406. The van der Waals surface area contributed by atoms with E-state index in [-0.39, 0.29) is 0 Å². The molecule has 1 aliphatic rings. The SMILES string of the molecule is Cc1c(C#N)cc(Cl)c2c1CCO2. The number of hydrogen-bond acceptors (Lipinski definition) is 2. The van der Waals surface area contributed by atoms with Gasteiger partial charge in [-0.05, 0) is 18.6 Å². The summed E-state index contributed by atoms with van der Waals surface area (Å²) in [6.45, 7) is 2.60. The third kappa shape index (κ3) is 1.16. The highest BCUT2D eigenvalue weighted by atomic mass is 35.5. The molecule has 3 heteroatoms. The summed E-state index contributed by atoms with van der Waals surface area (Å²) in [6.07, 6.45) is 0.858. The predicted octanol–water partition coefficient (Wildman–Crippen LogP) is 2.46. The van der Waals surface area contributed by atoms with Crippen molar-refractivity contribution in [2.75, 3.05) is 6.61 Å². The van der Waals surface area contributed by atoms with E-state index in [1.807, 2.05) is 6.92 Å². The molecule has 0 atom stereocenters. The van der Waals surface area contributed by atoms with Gasteiger partial charge in [0.15, 0.2) is 0 Å². The van der Waals surface area contributed by atoms with Crippen LogP contribution in [0.25, 0.3) is 0 Å². The monoisotopic (exact) mass is 193 g/mol. The summed E-state index contributed by atoms with van der Waals surface area (Å²) >= 11 is 5.95. The number of nitrogens with zero attached hydrogens (tertiary/aromatic N) is 1. The standard InChI is InChI=1S/C10H8ClNO/c1-6-7(5-12)4-9(11)10-8(6)2-3-13-10/h4H,2-3H2,1H3. The van der Waals surface area contributed by atoms with Crippen molar-refractivity contribution in [2.24, 2.45) is 0 Å². The lowest BCUT2D eigenvalue weighted by atomic mass is 10.0. The Labute approximate surface area is 81.7 Å². The van der Waals surface area contributed by atoms with Crippen molar-refractivity contribution in [3.05, 3.63) is 27.8 Å². The fraction of sp³-hybridized carbons (Fsp3) is 0.300. The van der Waals surface area contributed by atoms with E-state index in [4.69, 9.17) is 21.6 Å². The average molecular weight is 194 g/mol. The summed E-state index contributed by atoms with van der Waals surface area (Å²) < 4.78 is 5.37. The first kappa shape index (κ1) is 8.40.